The molecule has 3 rings (SSSR count). The van der Waals surface area contributed by atoms with Crippen molar-refractivity contribution in [2.75, 3.05) is 18.0 Å². The molecule has 0 spiro atoms. The van der Waals surface area contributed by atoms with Crippen LogP contribution >= 0.6 is 23.2 Å². The summed E-state index contributed by atoms with van der Waals surface area (Å²) in [6, 6.07) is 7.80. The fourth-order valence-corrected chi connectivity index (χ4v) is 2.80. The number of nitrogens with one attached hydrogen (secondary N) is 1. The van der Waals surface area contributed by atoms with Gasteiger partial charge in [0.05, 0.1) is 15.7 Å². The van der Waals surface area contributed by atoms with Gasteiger partial charge in [-0.05, 0) is 25.0 Å². The first-order valence-electron chi connectivity index (χ1n) is 6.65. The van der Waals surface area contributed by atoms with E-state index in [-0.39, 0.29) is 6.04 Å². The van der Waals surface area contributed by atoms with Crippen molar-refractivity contribution >= 4 is 29.0 Å². The van der Waals surface area contributed by atoms with Crippen molar-refractivity contribution in [1.29, 1.82) is 0 Å². The SMILES string of the molecule is NC1CCCN(c2cc(-c3ccc(Cl)c(Cl)c3)[nH]n2)C1. The van der Waals surface area contributed by atoms with Gasteiger partial charge in [-0.25, -0.2) is 0 Å². The quantitative estimate of drug-likeness (QED) is 0.894. The molecule has 2 heterocycles. The monoisotopic (exact) mass is 310 g/mol. The number of anilines is 1. The molecule has 3 N–H and O–H groups in total. The standard InChI is InChI=1S/C14H16Cl2N4/c15-11-4-3-9(6-12(11)16)13-7-14(19-18-13)20-5-1-2-10(17)8-20/h3-4,6-7,10H,1-2,5,8,17H2,(H,18,19). The van der Waals surface area contributed by atoms with Crippen LogP contribution in [0.25, 0.3) is 11.3 Å². The summed E-state index contributed by atoms with van der Waals surface area (Å²) in [5, 5.41) is 8.51. The fourth-order valence-electron chi connectivity index (χ4n) is 2.50. The molecule has 0 amide bonds. The average molecular weight is 311 g/mol. The number of piperidine rings is 1. The van der Waals surface area contributed by atoms with Crippen molar-refractivity contribution in [2.24, 2.45) is 5.73 Å². The summed E-state index contributed by atoms with van der Waals surface area (Å²) in [6.07, 6.45) is 2.19. The van der Waals surface area contributed by atoms with Gasteiger partial charge in [-0.3, -0.25) is 5.10 Å². The Morgan fingerprint density at radius 2 is 2.10 bits per heavy atom. The van der Waals surface area contributed by atoms with Crippen molar-refractivity contribution in [3.63, 3.8) is 0 Å². The highest BCUT2D eigenvalue weighted by molar-refractivity contribution is 6.42. The molecular formula is C14H16Cl2N4. The molecule has 2 aromatic rings. The van der Waals surface area contributed by atoms with Crippen LogP contribution in [0.15, 0.2) is 24.3 Å². The molecule has 0 saturated carbocycles. The third kappa shape index (κ3) is 2.77. The van der Waals surface area contributed by atoms with Gasteiger partial charge < -0.3 is 10.6 Å². The molecule has 1 aromatic heterocycles. The van der Waals surface area contributed by atoms with E-state index in [1.807, 2.05) is 18.2 Å². The second kappa shape index (κ2) is 5.64. The van der Waals surface area contributed by atoms with Crippen molar-refractivity contribution in [2.45, 2.75) is 18.9 Å². The Kier molecular flexibility index (Phi) is 3.87. The molecule has 1 aliphatic rings. The highest BCUT2D eigenvalue weighted by atomic mass is 35.5. The van der Waals surface area contributed by atoms with Crippen LogP contribution in [-0.4, -0.2) is 29.3 Å². The van der Waals surface area contributed by atoms with Crippen LogP contribution in [0, 0.1) is 0 Å². The van der Waals surface area contributed by atoms with Gasteiger partial charge in [-0.1, -0.05) is 29.3 Å². The number of aromatic nitrogens is 2. The average Bonchev–Trinajstić information content (AvgIpc) is 2.92. The van der Waals surface area contributed by atoms with Crippen molar-refractivity contribution in [1.82, 2.24) is 10.2 Å². The molecule has 20 heavy (non-hydrogen) atoms. The minimum atomic E-state index is 0.230. The largest absolute Gasteiger partial charge is 0.354 e. The Labute approximate surface area is 127 Å². The number of H-pyrrole nitrogens is 1. The molecule has 4 nitrogen and oxygen atoms in total. The summed E-state index contributed by atoms with van der Waals surface area (Å²) in [6.45, 7) is 1.85. The molecule has 1 atom stereocenters. The fraction of sp³-hybridized carbons (Fsp3) is 0.357. The van der Waals surface area contributed by atoms with Gasteiger partial charge in [-0.2, -0.15) is 5.10 Å². The Balaban J connectivity index is 1.84. The van der Waals surface area contributed by atoms with Gasteiger partial charge in [0.25, 0.3) is 0 Å². The van der Waals surface area contributed by atoms with E-state index in [4.69, 9.17) is 28.9 Å². The third-order valence-electron chi connectivity index (χ3n) is 3.58. The maximum Gasteiger partial charge on any atom is 0.151 e. The Morgan fingerprint density at radius 1 is 1.25 bits per heavy atom. The lowest BCUT2D eigenvalue weighted by Gasteiger charge is -2.30. The first kappa shape index (κ1) is 13.7. The van der Waals surface area contributed by atoms with Crippen LogP contribution in [0.5, 0.6) is 0 Å². The summed E-state index contributed by atoms with van der Waals surface area (Å²) in [4.78, 5) is 2.21. The van der Waals surface area contributed by atoms with E-state index in [1.54, 1.807) is 6.07 Å². The van der Waals surface area contributed by atoms with E-state index in [9.17, 15) is 0 Å². The van der Waals surface area contributed by atoms with Crippen LogP contribution in [0.4, 0.5) is 5.82 Å². The molecule has 0 bridgehead atoms. The zero-order chi connectivity index (χ0) is 14.1. The molecule has 1 saturated heterocycles. The Bertz CT molecular complexity index is 611. The predicted octanol–water partition coefficient (Wildman–Crippen LogP) is 3.31. The zero-order valence-corrected chi connectivity index (χ0v) is 12.5. The first-order chi connectivity index (χ1) is 9.63. The second-order valence-electron chi connectivity index (χ2n) is 5.12. The minimum Gasteiger partial charge on any atom is -0.354 e. The van der Waals surface area contributed by atoms with Gasteiger partial charge in [0.15, 0.2) is 5.82 Å². The summed E-state index contributed by atoms with van der Waals surface area (Å²) < 4.78 is 0. The molecule has 1 unspecified atom stereocenters. The maximum atomic E-state index is 6.05. The lowest BCUT2D eigenvalue weighted by Crippen LogP contribution is -2.43. The van der Waals surface area contributed by atoms with Crippen LogP contribution in [0.3, 0.4) is 0 Å². The van der Waals surface area contributed by atoms with Gasteiger partial charge in [0, 0.05) is 30.8 Å². The molecule has 1 aliphatic heterocycles. The van der Waals surface area contributed by atoms with Crippen molar-refractivity contribution in [3.05, 3.63) is 34.3 Å². The lowest BCUT2D eigenvalue weighted by molar-refractivity contribution is 0.503. The lowest BCUT2D eigenvalue weighted by atomic mass is 10.1. The number of halogens is 2. The Hall–Kier alpha value is -1.23. The highest BCUT2D eigenvalue weighted by Crippen LogP contribution is 2.29. The molecule has 1 aromatic carbocycles. The van der Waals surface area contributed by atoms with E-state index in [2.05, 4.69) is 15.1 Å². The van der Waals surface area contributed by atoms with Crippen LogP contribution in [-0.2, 0) is 0 Å². The highest BCUT2D eigenvalue weighted by Gasteiger charge is 2.19. The van der Waals surface area contributed by atoms with Gasteiger partial charge in [-0.15, -0.1) is 0 Å². The van der Waals surface area contributed by atoms with Crippen LogP contribution in [0.1, 0.15) is 12.8 Å². The first-order valence-corrected chi connectivity index (χ1v) is 7.40. The van der Waals surface area contributed by atoms with Gasteiger partial charge in [0.1, 0.15) is 0 Å². The molecule has 106 valence electrons. The number of nitrogens with zero attached hydrogens (tertiary/aromatic N) is 2. The normalized spacial score (nSPS) is 19.4. The van der Waals surface area contributed by atoms with Gasteiger partial charge in [0.2, 0.25) is 0 Å². The molecule has 0 aliphatic carbocycles. The van der Waals surface area contributed by atoms with E-state index >= 15 is 0 Å². The van der Waals surface area contributed by atoms with E-state index < -0.39 is 0 Å². The summed E-state index contributed by atoms with van der Waals surface area (Å²) in [5.74, 6) is 0.932. The van der Waals surface area contributed by atoms with Crippen LogP contribution < -0.4 is 10.6 Å². The summed E-state index contributed by atoms with van der Waals surface area (Å²) >= 11 is 12.0. The summed E-state index contributed by atoms with van der Waals surface area (Å²) in [7, 11) is 0. The number of nitrogens with two attached hydrogens (primary N) is 1. The number of aromatic amines is 1. The smallest absolute Gasteiger partial charge is 0.151 e. The second-order valence-corrected chi connectivity index (χ2v) is 5.93. The van der Waals surface area contributed by atoms with E-state index in [1.165, 1.54) is 0 Å². The van der Waals surface area contributed by atoms with Crippen molar-refractivity contribution in [3.8, 4) is 11.3 Å². The number of hydrogen-bond acceptors (Lipinski definition) is 3. The third-order valence-corrected chi connectivity index (χ3v) is 4.32. The molecule has 0 radical (unpaired) electrons. The number of hydrogen-bond donors (Lipinski definition) is 2. The predicted molar refractivity (Wildman–Crippen MR) is 83.5 cm³/mol. The molecule has 6 heteroatoms. The number of benzene rings is 1. The molecule has 1 fully saturated rings. The zero-order valence-electron chi connectivity index (χ0n) is 10.9. The van der Waals surface area contributed by atoms with E-state index in [0.29, 0.717) is 10.0 Å². The maximum absolute atomic E-state index is 6.05. The van der Waals surface area contributed by atoms with E-state index in [0.717, 1.165) is 43.0 Å². The summed E-state index contributed by atoms with van der Waals surface area (Å²) in [5.41, 5.74) is 7.91. The number of rotatable bonds is 2. The molecular weight excluding hydrogens is 295 g/mol. The van der Waals surface area contributed by atoms with Gasteiger partial charge >= 0.3 is 0 Å². The van der Waals surface area contributed by atoms with Crippen LogP contribution in [0.2, 0.25) is 10.0 Å². The Morgan fingerprint density at radius 3 is 2.85 bits per heavy atom. The minimum absolute atomic E-state index is 0.230. The van der Waals surface area contributed by atoms with Crippen molar-refractivity contribution < 1.29 is 0 Å². The topological polar surface area (TPSA) is 57.9 Å².